The molecule has 1 amide bonds. The van der Waals surface area contributed by atoms with E-state index in [1.165, 1.54) is 42.3 Å². The van der Waals surface area contributed by atoms with Gasteiger partial charge in [0, 0.05) is 5.75 Å². The van der Waals surface area contributed by atoms with Crippen molar-refractivity contribution in [3.8, 4) is 5.75 Å². The lowest BCUT2D eigenvalue weighted by atomic mass is 10.2. The Balaban J connectivity index is 1.50. The fourth-order valence-corrected chi connectivity index (χ4v) is 6.37. The van der Waals surface area contributed by atoms with Crippen molar-refractivity contribution in [2.24, 2.45) is 0 Å². The highest BCUT2D eigenvalue weighted by atomic mass is 32.2. The van der Waals surface area contributed by atoms with Gasteiger partial charge in [0.25, 0.3) is 10.0 Å². The number of aromatic nitrogens is 2. The van der Waals surface area contributed by atoms with Crippen molar-refractivity contribution in [2.75, 3.05) is 23.3 Å². The molecule has 0 aliphatic heterocycles. The van der Waals surface area contributed by atoms with Gasteiger partial charge in [-0.1, -0.05) is 71.1 Å². The van der Waals surface area contributed by atoms with Crippen molar-refractivity contribution in [1.29, 1.82) is 0 Å². The zero-order valence-corrected chi connectivity index (χ0v) is 22.1. The van der Waals surface area contributed by atoms with Crippen LogP contribution in [0.2, 0.25) is 0 Å². The highest BCUT2D eigenvalue weighted by molar-refractivity contribution is 8.00. The second kappa shape index (κ2) is 11.5. The number of anilines is 2. The number of hydrogen-bond donors (Lipinski definition) is 1. The Hall–Kier alpha value is -3.41. The molecular weight excluding hydrogens is 517 g/mol. The predicted octanol–water partition coefficient (Wildman–Crippen LogP) is 4.98. The molecule has 0 radical (unpaired) electrons. The Labute approximate surface area is 218 Å². The number of methoxy groups -OCH3 is 1. The summed E-state index contributed by atoms with van der Waals surface area (Å²) in [6, 6.07) is 22.9. The van der Waals surface area contributed by atoms with Gasteiger partial charge in [-0.3, -0.25) is 14.4 Å². The first-order chi connectivity index (χ1) is 17.3. The molecule has 186 valence electrons. The minimum Gasteiger partial charge on any atom is -0.497 e. The van der Waals surface area contributed by atoms with Gasteiger partial charge in [0.05, 0.1) is 17.7 Å². The van der Waals surface area contributed by atoms with Gasteiger partial charge in [0.1, 0.15) is 12.3 Å². The van der Waals surface area contributed by atoms with E-state index in [0.717, 1.165) is 21.2 Å². The molecule has 11 heteroatoms. The van der Waals surface area contributed by atoms with E-state index >= 15 is 0 Å². The number of nitrogens with one attached hydrogen (secondary N) is 1. The van der Waals surface area contributed by atoms with Gasteiger partial charge in [0.15, 0.2) is 4.34 Å². The Bertz CT molecular complexity index is 1410. The predicted molar refractivity (Wildman–Crippen MR) is 143 cm³/mol. The topological polar surface area (TPSA) is 101 Å². The van der Waals surface area contributed by atoms with Crippen LogP contribution < -0.4 is 14.4 Å². The molecular formula is C25H24N4O4S3. The van der Waals surface area contributed by atoms with Crippen molar-refractivity contribution in [3.05, 3.63) is 90.0 Å². The standard InChI is InChI=1S/C25H24N4O4S3/c1-18-8-14-22(15-9-18)36(31,32)29(20-10-12-21(33-2)13-11-20)16-23(30)26-24-27-28-25(35-24)34-17-19-6-4-3-5-7-19/h3-15H,16-17H2,1-2H3,(H,26,27,30). The number of ether oxygens (including phenoxy) is 1. The summed E-state index contributed by atoms with van der Waals surface area (Å²) in [6.07, 6.45) is 0. The number of thioether (sulfide) groups is 1. The molecule has 0 unspecified atom stereocenters. The monoisotopic (exact) mass is 540 g/mol. The normalized spacial score (nSPS) is 11.2. The molecule has 3 aromatic carbocycles. The van der Waals surface area contributed by atoms with Crippen LogP contribution in [0.25, 0.3) is 0 Å². The number of hydrogen-bond acceptors (Lipinski definition) is 8. The molecule has 0 aliphatic carbocycles. The first-order valence-corrected chi connectivity index (χ1v) is 14.1. The molecule has 0 bridgehead atoms. The molecule has 4 aromatic rings. The summed E-state index contributed by atoms with van der Waals surface area (Å²) in [5.74, 6) is 0.770. The van der Waals surface area contributed by atoms with E-state index in [1.807, 2.05) is 37.3 Å². The number of carbonyl (C=O) groups is 1. The summed E-state index contributed by atoms with van der Waals surface area (Å²) in [4.78, 5) is 13.0. The molecule has 8 nitrogen and oxygen atoms in total. The summed E-state index contributed by atoms with van der Waals surface area (Å²) in [7, 11) is -2.49. The van der Waals surface area contributed by atoms with Crippen molar-refractivity contribution in [3.63, 3.8) is 0 Å². The van der Waals surface area contributed by atoms with Crippen LogP contribution in [0, 0.1) is 6.92 Å². The average Bonchev–Trinajstić information content (AvgIpc) is 3.34. The SMILES string of the molecule is COc1ccc(N(CC(=O)Nc2nnc(SCc3ccccc3)s2)S(=O)(=O)c2ccc(C)cc2)cc1. The summed E-state index contributed by atoms with van der Waals surface area (Å²) < 4.78 is 33.9. The van der Waals surface area contributed by atoms with Crippen LogP contribution in [0.15, 0.2) is 88.1 Å². The zero-order chi connectivity index (χ0) is 25.5. The van der Waals surface area contributed by atoms with E-state index in [2.05, 4.69) is 15.5 Å². The number of aryl methyl sites for hydroxylation is 1. The van der Waals surface area contributed by atoms with Gasteiger partial charge in [0.2, 0.25) is 11.0 Å². The Morgan fingerprint density at radius 3 is 2.36 bits per heavy atom. The van der Waals surface area contributed by atoms with E-state index in [0.29, 0.717) is 20.9 Å². The van der Waals surface area contributed by atoms with Crippen molar-refractivity contribution in [1.82, 2.24) is 10.2 Å². The first-order valence-electron chi connectivity index (χ1n) is 10.9. The van der Waals surface area contributed by atoms with Crippen LogP contribution in [0.5, 0.6) is 5.75 Å². The van der Waals surface area contributed by atoms with E-state index < -0.39 is 22.5 Å². The first kappa shape index (κ1) is 25.7. The molecule has 0 atom stereocenters. The van der Waals surface area contributed by atoms with Crippen molar-refractivity contribution < 1.29 is 17.9 Å². The van der Waals surface area contributed by atoms with Crippen molar-refractivity contribution >= 4 is 49.8 Å². The number of carbonyl (C=O) groups excluding carboxylic acids is 1. The lowest BCUT2D eigenvalue weighted by Gasteiger charge is -2.24. The molecule has 36 heavy (non-hydrogen) atoms. The lowest BCUT2D eigenvalue weighted by molar-refractivity contribution is -0.114. The van der Waals surface area contributed by atoms with Gasteiger partial charge in [-0.25, -0.2) is 8.42 Å². The third kappa shape index (κ3) is 6.42. The van der Waals surface area contributed by atoms with Crippen LogP contribution in [-0.4, -0.2) is 38.2 Å². The number of benzene rings is 3. The number of nitrogens with zero attached hydrogens (tertiary/aromatic N) is 3. The Morgan fingerprint density at radius 1 is 1.00 bits per heavy atom. The fourth-order valence-electron chi connectivity index (χ4n) is 3.23. The van der Waals surface area contributed by atoms with Crippen LogP contribution >= 0.6 is 23.1 Å². The van der Waals surface area contributed by atoms with Gasteiger partial charge in [-0.15, -0.1) is 10.2 Å². The fraction of sp³-hybridized carbons (Fsp3) is 0.160. The molecule has 1 heterocycles. The van der Waals surface area contributed by atoms with Crippen LogP contribution in [0.1, 0.15) is 11.1 Å². The van der Waals surface area contributed by atoms with Crippen molar-refractivity contribution in [2.45, 2.75) is 21.9 Å². The number of sulfonamides is 1. The van der Waals surface area contributed by atoms with E-state index in [1.54, 1.807) is 36.4 Å². The maximum atomic E-state index is 13.5. The molecule has 0 saturated carbocycles. The molecule has 1 N–H and O–H groups in total. The smallest absolute Gasteiger partial charge is 0.264 e. The molecule has 0 fully saturated rings. The van der Waals surface area contributed by atoms with Gasteiger partial charge in [-0.2, -0.15) is 0 Å². The highest BCUT2D eigenvalue weighted by Crippen LogP contribution is 2.29. The van der Waals surface area contributed by atoms with Crippen LogP contribution in [-0.2, 0) is 20.6 Å². The molecule has 0 spiro atoms. The molecule has 1 aromatic heterocycles. The van der Waals surface area contributed by atoms with Gasteiger partial charge >= 0.3 is 0 Å². The Kier molecular flexibility index (Phi) is 8.24. The van der Waals surface area contributed by atoms with Gasteiger partial charge in [-0.05, 0) is 48.9 Å². The minimum atomic E-state index is -4.02. The van der Waals surface area contributed by atoms with Gasteiger partial charge < -0.3 is 4.74 Å². The number of amides is 1. The number of rotatable bonds is 10. The Morgan fingerprint density at radius 2 is 1.69 bits per heavy atom. The second-order valence-corrected chi connectivity index (χ2v) is 11.8. The molecule has 0 saturated heterocycles. The van der Waals surface area contributed by atoms with E-state index in [9.17, 15) is 13.2 Å². The second-order valence-electron chi connectivity index (χ2n) is 7.72. The maximum absolute atomic E-state index is 13.5. The summed E-state index contributed by atoms with van der Waals surface area (Å²) in [5, 5.41) is 11.1. The highest BCUT2D eigenvalue weighted by Gasteiger charge is 2.27. The zero-order valence-electron chi connectivity index (χ0n) is 19.6. The largest absolute Gasteiger partial charge is 0.497 e. The summed E-state index contributed by atoms with van der Waals surface area (Å²) >= 11 is 2.75. The lowest BCUT2D eigenvalue weighted by Crippen LogP contribution is -2.38. The minimum absolute atomic E-state index is 0.0900. The average molecular weight is 541 g/mol. The third-order valence-electron chi connectivity index (χ3n) is 5.11. The van der Waals surface area contributed by atoms with E-state index in [4.69, 9.17) is 4.74 Å². The summed E-state index contributed by atoms with van der Waals surface area (Å²) in [6.45, 7) is 1.44. The quantitative estimate of drug-likeness (QED) is 0.224. The van der Waals surface area contributed by atoms with Crippen LogP contribution in [0.4, 0.5) is 10.8 Å². The molecule has 4 rings (SSSR count). The van der Waals surface area contributed by atoms with Crippen LogP contribution in [0.3, 0.4) is 0 Å². The third-order valence-corrected chi connectivity index (χ3v) is 8.95. The summed E-state index contributed by atoms with van der Waals surface area (Å²) in [5.41, 5.74) is 2.42. The maximum Gasteiger partial charge on any atom is 0.264 e. The van der Waals surface area contributed by atoms with E-state index in [-0.39, 0.29) is 4.90 Å². The molecule has 0 aliphatic rings.